The van der Waals surface area contributed by atoms with Gasteiger partial charge in [-0.3, -0.25) is 9.59 Å². The van der Waals surface area contributed by atoms with Crippen molar-refractivity contribution in [2.24, 2.45) is 0 Å². The number of rotatable bonds is 2. The average Bonchev–Trinajstić information content (AvgIpc) is 1.79. The molecular formula is C10H14Au2O4. The number of ketones is 2. The summed E-state index contributed by atoms with van der Waals surface area (Å²) >= 11 is 0. The van der Waals surface area contributed by atoms with E-state index < -0.39 is 0 Å². The van der Waals surface area contributed by atoms with Crippen molar-refractivity contribution in [3.8, 4) is 0 Å². The maximum absolute atomic E-state index is 9.98. The molecule has 0 atom stereocenters. The van der Waals surface area contributed by atoms with Crippen molar-refractivity contribution in [2.45, 2.75) is 27.7 Å². The van der Waals surface area contributed by atoms with E-state index in [-0.39, 0.29) is 67.8 Å². The third-order valence-electron chi connectivity index (χ3n) is 0.813. The van der Waals surface area contributed by atoms with Crippen molar-refractivity contribution >= 4 is 11.6 Å². The van der Waals surface area contributed by atoms with Crippen LogP contribution in [0.25, 0.3) is 0 Å². The Kier molecular flexibility index (Phi) is 23.2. The predicted molar refractivity (Wildman–Crippen MR) is 48.9 cm³/mol. The summed E-state index contributed by atoms with van der Waals surface area (Å²) in [6, 6.07) is 0. The molecule has 0 aromatic carbocycles. The van der Waals surface area contributed by atoms with Gasteiger partial charge in [0.1, 0.15) is 0 Å². The second kappa shape index (κ2) is 14.9. The van der Waals surface area contributed by atoms with Gasteiger partial charge in [-0.15, -0.1) is 11.5 Å². The summed E-state index contributed by atoms with van der Waals surface area (Å²) in [6.07, 6.45) is 2.11. The van der Waals surface area contributed by atoms with Crippen LogP contribution in [0.4, 0.5) is 0 Å². The molecule has 4 nitrogen and oxygen atoms in total. The Morgan fingerprint density at radius 2 is 0.938 bits per heavy atom. The molecule has 0 amide bonds. The SMILES string of the molecule is CC(=O)/C=C(/C)[O-].CC(=O)/C=C(/C)[O-].[Au+].[Au+]. The normalized spacial score (nSPS) is 10.0. The second-order valence-corrected chi connectivity index (χ2v) is 2.73. The van der Waals surface area contributed by atoms with Crippen LogP contribution in [0, 0.1) is 0 Å². The third-order valence-corrected chi connectivity index (χ3v) is 0.813. The molecule has 0 aromatic rings. The van der Waals surface area contributed by atoms with Crippen LogP contribution < -0.4 is 10.2 Å². The number of allylic oxidation sites excluding steroid dienone is 4. The molecule has 0 bridgehead atoms. The van der Waals surface area contributed by atoms with Crippen molar-refractivity contribution < 1.29 is 64.6 Å². The van der Waals surface area contributed by atoms with E-state index in [2.05, 4.69) is 0 Å². The molecule has 0 aliphatic carbocycles. The number of carbonyl (C=O) groups is 2. The number of carbonyl (C=O) groups excluding carboxylic acids is 2. The minimum absolute atomic E-state index is 0. The summed E-state index contributed by atoms with van der Waals surface area (Å²) in [5.41, 5.74) is 0. The van der Waals surface area contributed by atoms with Crippen LogP contribution in [-0.4, -0.2) is 11.6 Å². The average molecular weight is 592 g/mol. The fourth-order valence-corrected chi connectivity index (χ4v) is 0.572. The molecule has 0 saturated heterocycles. The molecular weight excluding hydrogens is 578 g/mol. The molecule has 0 rings (SSSR count). The van der Waals surface area contributed by atoms with Crippen molar-refractivity contribution in [1.29, 1.82) is 0 Å². The van der Waals surface area contributed by atoms with Crippen LogP contribution in [0.1, 0.15) is 27.7 Å². The smallest absolute Gasteiger partial charge is 0.876 e. The van der Waals surface area contributed by atoms with Crippen LogP contribution >= 0.6 is 0 Å². The Bertz CT molecular complexity index is 234. The molecule has 16 heavy (non-hydrogen) atoms. The summed E-state index contributed by atoms with van der Waals surface area (Å²) in [5, 5.41) is 20.0. The first kappa shape index (κ1) is 24.9. The molecule has 0 N–H and O–H groups in total. The van der Waals surface area contributed by atoms with Crippen LogP contribution in [0.2, 0.25) is 0 Å². The van der Waals surface area contributed by atoms with E-state index in [0.29, 0.717) is 0 Å². The van der Waals surface area contributed by atoms with E-state index in [0.717, 1.165) is 12.2 Å². The molecule has 100 valence electrons. The fourth-order valence-electron chi connectivity index (χ4n) is 0.572. The Morgan fingerprint density at radius 1 is 0.750 bits per heavy atom. The molecule has 0 unspecified atom stereocenters. The van der Waals surface area contributed by atoms with Gasteiger partial charge in [-0.1, -0.05) is 13.8 Å². The summed E-state index contributed by atoms with van der Waals surface area (Å²) in [4.78, 5) is 20.0. The van der Waals surface area contributed by atoms with E-state index in [4.69, 9.17) is 0 Å². The van der Waals surface area contributed by atoms with Gasteiger partial charge in [0.15, 0.2) is 11.6 Å². The number of hydrogen-bond acceptors (Lipinski definition) is 4. The number of hydrogen-bond donors (Lipinski definition) is 0. The van der Waals surface area contributed by atoms with Crippen molar-refractivity contribution in [2.75, 3.05) is 0 Å². The molecule has 0 heterocycles. The first-order valence-electron chi connectivity index (χ1n) is 3.97. The fraction of sp³-hybridized carbons (Fsp3) is 0.400. The van der Waals surface area contributed by atoms with Gasteiger partial charge in [-0.25, -0.2) is 0 Å². The van der Waals surface area contributed by atoms with E-state index in [1.807, 2.05) is 0 Å². The first-order valence-corrected chi connectivity index (χ1v) is 3.97. The third kappa shape index (κ3) is 37.1. The molecule has 0 aliphatic rings. The van der Waals surface area contributed by atoms with E-state index in [9.17, 15) is 19.8 Å². The quantitative estimate of drug-likeness (QED) is 0.250. The maximum atomic E-state index is 9.98. The van der Waals surface area contributed by atoms with Gasteiger partial charge in [0.25, 0.3) is 0 Å². The minimum Gasteiger partial charge on any atom is -0.876 e. The Balaban J connectivity index is -0.0000000800. The monoisotopic (exact) mass is 592 g/mol. The summed E-state index contributed by atoms with van der Waals surface area (Å²) in [7, 11) is 0. The van der Waals surface area contributed by atoms with Gasteiger partial charge < -0.3 is 10.2 Å². The van der Waals surface area contributed by atoms with Gasteiger partial charge in [0, 0.05) is 0 Å². The van der Waals surface area contributed by atoms with Gasteiger partial charge in [-0.05, 0) is 26.0 Å². The van der Waals surface area contributed by atoms with Gasteiger partial charge in [0.2, 0.25) is 0 Å². The van der Waals surface area contributed by atoms with Gasteiger partial charge in [-0.2, -0.15) is 0 Å². The molecule has 0 aliphatic heterocycles. The summed E-state index contributed by atoms with van der Waals surface area (Å²) < 4.78 is 0. The van der Waals surface area contributed by atoms with Crippen molar-refractivity contribution in [3.63, 3.8) is 0 Å². The van der Waals surface area contributed by atoms with Crippen molar-refractivity contribution in [3.05, 3.63) is 23.7 Å². The topological polar surface area (TPSA) is 80.3 Å². The minimum atomic E-state index is -0.187. The zero-order chi connectivity index (χ0) is 11.7. The van der Waals surface area contributed by atoms with Crippen molar-refractivity contribution in [1.82, 2.24) is 0 Å². The molecule has 0 fully saturated rings. The Labute approximate surface area is 127 Å². The maximum Gasteiger partial charge on any atom is 1.00 e. The second-order valence-electron chi connectivity index (χ2n) is 2.73. The standard InChI is InChI=1S/2C5H8O2.2Au/c2*1-4(6)3-5(2)7;;/h2*3,6H,1-2H3;;/q;;2*+1/p-2/b2*4-3-;;. The van der Waals surface area contributed by atoms with Gasteiger partial charge >= 0.3 is 44.8 Å². The molecule has 0 saturated carbocycles. The molecule has 0 radical (unpaired) electrons. The predicted octanol–water partition coefficient (Wildman–Crippen LogP) is -0.326. The van der Waals surface area contributed by atoms with E-state index in [1.165, 1.54) is 27.7 Å². The van der Waals surface area contributed by atoms with E-state index >= 15 is 0 Å². The van der Waals surface area contributed by atoms with Gasteiger partial charge in [0.05, 0.1) is 0 Å². The Morgan fingerprint density at radius 3 is 0.938 bits per heavy atom. The molecule has 0 aromatic heterocycles. The van der Waals surface area contributed by atoms with Crippen LogP contribution in [0.15, 0.2) is 23.7 Å². The van der Waals surface area contributed by atoms with Crippen LogP contribution in [0.5, 0.6) is 0 Å². The van der Waals surface area contributed by atoms with Crippen LogP contribution in [-0.2, 0) is 54.3 Å². The first-order chi connectivity index (χ1) is 6.25. The van der Waals surface area contributed by atoms with Crippen LogP contribution in [0.3, 0.4) is 0 Å². The summed E-state index contributed by atoms with van der Waals surface area (Å²) in [5.74, 6) is -0.750. The molecule has 6 heteroatoms. The largest absolute Gasteiger partial charge is 1.00 e. The zero-order valence-corrected chi connectivity index (χ0v) is 13.7. The summed E-state index contributed by atoms with van der Waals surface area (Å²) in [6.45, 7) is 5.39. The van der Waals surface area contributed by atoms with E-state index in [1.54, 1.807) is 0 Å². The molecule has 0 spiro atoms. The Hall–Kier alpha value is -0.0995. The zero-order valence-electron chi connectivity index (χ0n) is 9.39.